The van der Waals surface area contributed by atoms with Crippen molar-refractivity contribution in [2.24, 2.45) is 0 Å². The Balaban J connectivity index is 2.91. The zero-order chi connectivity index (χ0) is 16.0. The van der Waals surface area contributed by atoms with Gasteiger partial charge in [-0.2, -0.15) is 0 Å². The molecule has 0 saturated carbocycles. The Kier molecular flexibility index (Phi) is 6.77. The lowest BCUT2D eigenvalue weighted by molar-refractivity contribution is -0.385. The van der Waals surface area contributed by atoms with Gasteiger partial charge in [0.05, 0.1) is 15.9 Å². The number of amides is 1. The molecule has 6 nitrogen and oxygen atoms in total. The molecule has 0 heterocycles. The van der Waals surface area contributed by atoms with Crippen LogP contribution in [0.3, 0.4) is 0 Å². The first-order valence-corrected chi connectivity index (χ1v) is 7.50. The van der Waals surface area contributed by atoms with Crippen molar-refractivity contribution in [3.05, 3.63) is 38.3 Å². The fourth-order valence-corrected chi connectivity index (χ4v) is 2.47. The molecule has 21 heavy (non-hydrogen) atoms. The Morgan fingerprint density at radius 1 is 1.38 bits per heavy atom. The average Bonchev–Trinajstić information content (AvgIpc) is 2.40. The van der Waals surface area contributed by atoms with E-state index in [1.165, 1.54) is 6.07 Å². The number of nitro groups is 1. The molecule has 1 amide bonds. The minimum atomic E-state index is -0.414. The van der Waals surface area contributed by atoms with Crippen molar-refractivity contribution < 1.29 is 9.72 Å². The van der Waals surface area contributed by atoms with Gasteiger partial charge < -0.3 is 4.90 Å². The standard InChI is InChI=1S/C14H20BrN3O3/c1-4-8-17(10-13(19)16(2)3)9-11-6-5-7-12(14(11)15)18(20)21/h5-7H,4,8-10H2,1-3H3. The number of rotatable bonds is 7. The SMILES string of the molecule is CCCN(CC(=O)N(C)C)Cc1cccc([N+](=O)[O-])c1Br. The second-order valence-corrected chi connectivity index (χ2v) is 5.80. The minimum absolute atomic E-state index is 0.0185. The van der Waals surface area contributed by atoms with E-state index in [9.17, 15) is 14.9 Å². The highest BCUT2D eigenvalue weighted by Gasteiger charge is 2.18. The number of likely N-dealkylation sites (N-methyl/N-ethyl adjacent to an activating group) is 1. The van der Waals surface area contributed by atoms with Crippen LogP contribution in [0.25, 0.3) is 0 Å². The van der Waals surface area contributed by atoms with E-state index in [0.717, 1.165) is 18.5 Å². The third-order valence-corrected chi connectivity index (χ3v) is 3.96. The first kappa shape index (κ1) is 17.6. The van der Waals surface area contributed by atoms with E-state index >= 15 is 0 Å². The van der Waals surface area contributed by atoms with Crippen molar-refractivity contribution in [3.63, 3.8) is 0 Å². The maximum atomic E-state index is 11.8. The van der Waals surface area contributed by atoms with Crippen LogP contribution in [0.1, 0.15) is 18.9 Å². The third kappa shape index (κ3) is 5.09. The number of carbonyl (C=O) groups is 1. The normalized spacial score (nSPS) is 10.7. The van der Waals surface area contributed by atoms with Gasteiger partial charge in [-0.25, -0.2) is 0 Å². The van der Waals surface area contributed by atoms with Gasteiger partial charge in [0.25, 0.3) is 5.69 Å². The fraction of sp³-hybridized carbons (Fsp3) is 0.500. The Morgan fingerprint density at radius 2 is 2.05 bits per heavy atom. The largest absolute Gasteiger partial charge is 0.348 e. The summed E-state index contributed by atoms with van der Waals surface area (Å²) in [5.74, 6) is 0.0185. The smallest absolute Gasteiger partial charge is 0.283 e. The number of hydrogen-bond acceptors (Lipinski definition) is 4. The molecule has 0 spiro atoms. The predicted molar refractivity (Wildman–Crippen MR) is 85.1 cm³/mol. The third-order valence-electron chi connectivity index (χ3n) is 3.05. The summed E-state index contributed by atoms with van der Waals surface area (Å²) in [7, 11) is 3.44. The minimum Gasteiger partial charge on any atom is -0.348 e. The van der Waals surface area contributed by atoms with E-state index in [2.05, 4.69) is 15.9 Å². The summed E-state index contributed by atoms with van der Waals surface area (Å²) in [6, 6.07) is 4.96. The first-order valence-electron chi connectivity index (χ1n) is 6.71. The summed E-state index contributed by atoms with van der Waals surface area (Å²) in [5.41, 5.74) is 0.854. The summed E-state index contributed by atoms with van der Waals surface area (Å²) in [5, 5.41) is 11.0. The molecule has 0 aromatic heterocycles. The number of halogens is 1. The molecule has 0 unspecified atom stereocenters. The van der Waals surface area contributed by atoms with E-state index in [4.69, 9.17) is 0 Å². The van der Waals surface area contributed by atoms with Crippen molar-refractivity contribution in [1.29, 1.82) is 0 Å². The number of carbonyl (C=O) groups excluding carboxylic acids is 1. The van der Waals surface area contributed by atoms with Crippen LogP contribution in [-0.4, -0.2) is 47.8 Å². The monoisotopic (exact) mass is 357 g/mol. The molecule has 1 rings (SSSR count). The van der Waals surface area contributed by atoms with Gasteiger partial charge in [-0.05, 0) is 34.5 Å². The molecule has 0 aliphatic rings. The van der Waals surface area contributed by atoms with Crippen LogP contribution in [0.15, 0.2) is 22.7 Å². The Hall–Kier alpha value is -1.47. The molecule has 0 saturated heterocycles. The van der Waals surface area contributed by atoms with Crippen LogP contribution in [0.5, 0.6) is 0 Å². The topological polar surface area (TPSA) is 66.7 Å². The van der Waals surface area contributed by atoms with Gasteiger partial charge in [0, 0.05) is 26.7 Å². The quantitative estimate of drug-likeness (QED) is 0.555. The fourth-order valence-electron chi connectivity index (χ4n) is 1.93. The first-order chi connectivity index (χ1) is 9.86. The molecule has 0 radical (unpaired) electrons. The maximum Gasteiger partial charge on any atom is 0.283 e. The number of benzene rings is 1. The molecular formula is C14H20BrN3O3. The second kappa shape index (κ2) is 8.09. The summed E-state index contributed by atoms with van der Waals surface area (Å²) in [6.07, 6.45) is 0.910. The molecule has 0 atom stereocenters. The Morgan fingerprint density at radius 3 is 2.57 bits per heavy atom. The van der Waals surface area contributed by atoms with Crippen LogP contribution in [0.2, 0.25) is 0 Å². The van der Waals surface area contributed by atoms with E-state index in [1.807, 2.05) is 17.9 Å². The molecule has 116 valence electrons. The number of hydrogen-bond donors (Lipinski definition) is 0. The van der Waals surface area contributed by atoms with Crippen LogP contribution < -0.4 is 0 Å². The van der Waals surface area contributed by atoms with Crippen LogP contribution in [-0.2, 0) is 11.3 Å². The van der Waals surface area contributed by atoms with Gasteiger partial charge >= 0.3 is 0 Å². The zero-order valence-corrected chi connectivity index (χ0v) is 14.1. The highest BCUT2D eigenvalue weighted by molar-refractivity contribution is 9.10. The molecule has 1 aromatic rings. The highest BCUT2D eigenvalue weighted by Crippen LogP contribution is 2.29. The summed E-state index contributed by atoms with van der Waals surface area (Å²) in [6.45, 7) is 3.59. The molecule has 0 N–H and O–H groups in total. The molecule has 0 aliphatic carbocycles. The van der Waals surface area contributed by atoms with Crippen LogP contribution in [0.4, 0.5) is 5.69 Å². The van der Waals surface area contributed by atoms with Crippen molar-refractivity contribution >= 4 is 27.5 Å². The van der Waals surface area contributed by atoms with Crippen molar-refractivity contribution in [2.75, 3.05) is 27.2 Å². The van der Waals surface area contributed by atoms with Gasteiger partial charge in [-0.3, -0.25) is 19.8 Å². The van der Waals surface area contributed by atoms with Crippen LogP contribution in [0, 0.1) is 10.1 Å². The Labute approximate surface area is 133 Å². The lowest BCUT2D eigenvalue weighted by Crippen LogP contribution is -2.36. The predicted octanol–water partition coefficient (Wildman–Crippen LogP) is 2.66. The second-order valence-electron chi connectivity index (χ2n) is 5.01. The van der Waals surface area contributed by atoms with E-state index in [1.54, 1.807) is 25.1 Å². The average molecular weight is 358 g/mol. The lowest BCUT2D eigenvalue weighted by atomic mass is 10.2. The van der Waals surface area contributed by atoms with Gasteiger partial charge in [0.1, 0.15) is 0 Å². The van der Waals surface area contributed by atoms with Crippen molar-refractivity contribution in [2.45, 2.75) is 19.9 Å². The van der Waals surface area contributed by atoms with Gasteiger partial charge in [0.15, 0.2) is 0 Å². The number of nitrogens with zero attached hydrogens (tertiary/aromatic N) is 3. The number of nitro benzene ring substituents is 1. The van der Waals surface area contributed by atoms with E-state index in [0.29, 0.717) is 17.6 Å². The summed E-state index contributed by atoms with van der Waals surface area (Å²) >= 11 is 3.29. The van der Waals surface area contributed by atoms with Gasteiger partial charge in [-0.15, -0.1) is 0 Å². The highest BCUT2D eigenvalue weighted by atomic mass is 79.9. The van der Waals surface area contributed by atoms with Gasteiger partial charge in [0.2, 0.25) is 5.91 Å². The zero-order valence-electron chi connectivity index (χ0n) is 12.5. The van der Waals surface area contributed by atoms with E-state index < -0.39 is 4.92 Å². The molecular weight excluding hydrogens is 338 g/mol. The lowest BCUT2D eigenvalue weighted by Gasteiger charge is -2.23. The van der Waals surface area contributed by atoms with Crippen molar-refractivity contribution in [1.82, 2.24) is 9.80 Å². The van der Waals surface area contributed by atoms with Gasteiger partial charge in [-0.1, -0.05) is 19.1 Å². The van der Waals surface area contributed by atoms with Crippen molar-refractivity contribution in [3.8, 4) is 0 Å². The molecule has 0 fully saturated rings. The molecule has 0 bridgehead atoms. The van der Waals surface area contributed by atoms with Crippen LogP contribution >= 0.6 is 15.9 Å². The summed E-state index contributed by atoms with van der Waals surface area (Å²) in [4.78, 5) is 25.9. The van der Waals surface area contributed by atoms with E-state index in [-0.39, 0.29) is 11.6 Å². The molecule has 1 aromatic carbocycles. The maximum absolute atomic E-state index is 11.8. The summed E-state index contributed by atoms with van der Waals surface area (Å²) < 4.78 is 0.480. The molecule has 7 heteroatoms. The Bertz CT molecular complexity index is 520. The molecule has 0 aliphatic heterocycles.